The quantitative estimate of drug-likeness (QED) is 0.663. The second-order valence-electron chi connectivity index (χ2n) is 3.65. The predicted molar refractivity (Wildman–Crippen MR) is 64.7 cm³/mol. The molecule has 0 radical (unpaired) electrons. The van der Waals surface area contributed by atoms with Gasteiger partial charge >= 0.3 is 0 Å². The first kappa shape index (κ1) is 14.4. The zero-order valence-electron chi connectivity index (χ0n) is 9.90. The van der Waals surface area contributed by atoms with Crippen molar-refractivity contribution in [3.63, 3.8) is 0 Å². The number of carbonyl (C=O) groups excluding carboxylic acids is 1. The molecule has 1 aromatic rings. The van der Waals surface area contributed by atoms with Crippen LogP contribution >= 0.6 is 0 Å². The Morgan fingerprint density at radius 2 is 2.06 bits per heavy atom. The van der Waals surface area contributed by atoms with E-state index in [4.69, 9.17) is 5.73 Å². The third-order valence-electron chi connectivity index (χ3n) is 2.22. The number of anilines is 1. The Morgan fingerprint density at radius 3 is 2.56 bits per heavy atom. The minimum absolute atomic E-state index is 0.116. The Bertz CT molecular complexity index is 559. The number of nitrogen functional groups attached to an aromatic ring is 1. The molecule has 0 saturated carbocycles. The third-order valence-corrected chi connectivity index (χ3v) is 3.79. The molecule has 0 saturated heterocycles. The summed E-state index contributed by atoms with van der Waals surface area (Å²) in [6.07, 6.45) is 0. The van der Waals surface area contributed by atoms with Crippen molar-refractivity contribution in [2.45, 2.75) is 17.9 Å². The highest BCUT2D eigenvalue weighted by Gasteiger charge is 2.24. The van der Waals surface area contributed by atoms with Crippen molar-refractivity contribution in [1.82, 2.24) is 10.0 Å². The summed E-state index contributed by atoms with van der Waals surface area (Å²) in [7, 11) is -2.73. The van der Waals surface area contributed by atoms with Gasteiger partial charge in [-0.1, -0.05) is 0 Å². The molecule has 6 nitrogen and oxygen atoms in total. The summed E-state index contributed by atoms with van der Waals surface area (Å²) in [6, 6.07) is 2.21. The van der Waals surface area contributed by atoms with Gasteiger partial charge in [0.25, 0.3) is 0 Å². The van der Waals surface area contributed by atoms with Crippen LogP contribution in [-0.2, 0) is 14.8 Å². The van der Waals surface area contributed by atoms with Crippen LogP contribution in [0.4, 0.5) is 10.1 Å². The van der Waals surface area contributed by atoms with Crippen molar-refractivity contribution in [3.05, 3.63) is 24.0 Å². The Hall–Kier alpha value is -1.67. The van der Waals surface area contributed by atoms with Crippen LogP contribution in [0.25, 0.3) is 0 Å². The van der Waals surface area contributed by atoms with Gasteiger partial charge in [0.2, 0.25) is 15.9 Å². The van der Waals surface area contributed by atoms with Crippen LogP contribution in [0.1, 0.15) is 6.92 Å². The molecular formula is C10H14FN3O3S. The lowest BCUT2D eigenvalue weighted by Gasteiger charge is -2.13. The molecule has 0 aliphatic carbocycles. The van der Waals surface area contributed by atoms with Gasteiger partial charge in [0.05, 0.1) is 6.04 Å². The van der Waals surface area contributed by atoms with Crippen molar-refractivity contribution >= 4 is 21.6 Å². The summed E-state index contributed by atoms with van der Waals surface area (Å²) < 4.78 is 39.2. The zero-order chi connectivity index (χ0) is 13.9. The molecule has 0 fully saturated rings. The smallest absolute Gasteiger partial charge is 0.244 e. The van der Waals surface area contributed by atoms with Crippen molar-refractivity contribution < 1.29 is 17.6 Å². The molecule has 1 amide bonds. The van der Waals surface area contributed by atoms with Gasteiger partial charge in [-0.3, -0.25) is 4.79 Å². The largest absolute Gasteiger partial charge is 0.399 e. The standard InChI is InChI=1S/C10H14FN3O3S/c1-6(10(15)13-2)14-18(16,17)9-4-3-7(12)5-8(9)11/h3-6,14H,12H2,1-2H3,(H,13,15). The van der Waals surface area contributed by atoms with E-state index in [2.05, 4.69) is 10.0 Å². The van der Waals surface area contributed by atoms with Gasteiger partial charge in [-0.2, -0.15) is 4.72 Å². The average molecular weight is 275 g/mol. The monoisotopic (exact) mass is 275 g/mol. The molecule has 0 heterocycles. The maximum absolute atomic E-state index is 13.5. The Kier molecular flexibility index (Phi) is 4.25. The highest BCUT2D eigenvalue weighted by atomic mass is 32.2. The molecule has 1 rings (SSSR count). The summed E-state index contributed by atoms with van der Waals surface area (Å²) in [5.41, 5.74) is 5.44. The molecule has 1 atom stereocenters. The van der Waals surface area contributed by atoms with Crippen LogP contribution in [-0.4, -0.2) is 27.4 Å². The minimum Gasteiger partial charge on any atom is -0.399 e. The first-order valence-electron chi connectivity index (χ1n) is 5.07. The number of benzene rings is 1. The van der Waals surface area contributed by atoms with E-state index < -0.39 is 32.7 Å². The molecular weight excluding hydrogens is 261 g/mol. The zero-order valence-corrected chi connectivity index (χ0v) is 10.7. The summed E-state index contributed by atoms with van der Waals surface area (Å²) in [5, 5.41) is 2.28. The fourth-order valence-corrected chi connectivity index (χ4v) is 2.56. The van der Waals surface area contributed by atoms with E-state index >= 15 is 0 Å². The van der Waals surface area contributed by atoms with Gasteiger partial charge in [0.1, 0.15) is 10.7 Å². The number of rotatable bonds is 4. The molecule has 8 heteroatoms. The molecule has 0 aliphatic heterocycles. The van der Waals surface area contributed by atoms with E-state index in [9.17, 15) is 17.6 Å². The Labute approximate surface area is 104 Å². The summed E-state index contributed by atoms with van der Waals surface area (Å²) in [4.78, 5) is 10.7. The number of carbonyl (C=O) groups is 1. The number of hydrogen-bond acceptors (Lipinski definition) is 4. The SMILES string of the molecule is CNC(=O)C(C)NS(=O)(=O)c1ccc(N)cc1F. The van der Waals surface area contributed by atoms with Crippen LogP contribution < -0.4 is 15.8 Å². The van der Waals surface area contributed by atoms with E-state index in [0.717, 1.165) is 12.1 Å². The average Bonchev–Trinajstić information content (AvgIpc) is 2.26. The highest BCUT2D eigenvalue weighted by molar-refractivity contribution is 7.89. The summed E-state index contributed by atoms with van der Waals surface area (Å²) >= 11 is 0. The van der Waals surface area contributed by atoms with Crippen molar-refractivity contribution in [2.75, 3.05) is 12.8 Å². The molecule has 0 aliphatic rings. The topological polar surface area (TPSA) is 101 Å². The van der Waals surface area contributed by atoms with E-state index in [-0.39, 0.29) is 5.69 Å². The summed E-state index contributed by atoms with van der Waals surface area (Å²) in [5.74, 6) is -1.49. The van der Waals surface area contributed by atoms with Gasteiger partial charge in [-0.05, 0) is 25.1 Å². The molecule has 0 spiro atoms. The number of nitrogens with two attached hydrogens (primary N) is 1. The molecule has 0 aromatic heterocycles. The maximum Gasteiger partial charge on any atom is 0.244 e. The number of amides is 1. The van der Waals surface area contributed by atoms with Crippen LogP contribution in [0.5, 0.6) is 0 Å². The molecule has 18 heavy (non-hydrogen) atoms. The fourth-order valence-electron chi connectivity index (χ4n) is 1.30. The van der Waals surface area contributed by atoms with Gasteiger partial charge < -0.3 is 11.1 Å². The molecule has 1 unspecified atom stereocenters. The van der Waals surface area contributed by atoms with Crippen LogP contribution in [0.15, 0.2) is 23.1 Å². The van der Waals surface area contributed by atoms with Gasteiger partial charge in [-0.15, -0.1) is 0 Å². The second kappa shape index (κ2) is 5.32. The number of halogens is 1. The lowest BCUT2D eigenvalue weighted by atomic mass is 10.3. The minimum atomic E-state index is -4.10. The van der Waals surface area contributed by atoms with E-state index in [1.165, 1.54) is 20.0 Å². The van der Waals surface area contributed by atoms with Crippen LogP contribution in [0.2, 0.25) is 0 Å². The normalized spacial score (nSPS) is 13.1. The van der Waals surface area contributed by atoms with Gasteiger partial charge in [0.15, 0.2) is 0 Å². The van der Waals surface area contributed by atoms with Crippen molar-refractivity contribution in [1.29, 1.82) is 0 Å². The fraction of sp³-hybridized carbons (Fsp3) is 0.300. The lowest BCUT2D eigenvalue weighted by Crippen LogP contribution is -2.43. The van der Waals surface area contributed by atoms with Crippen molar-refractivity contribution in [2.24, 2.45) is 0 Å². The maximum atomic E-state index is 13.5. The molecule has 100 valence electrons. The lowest BCUT2D eigenvalue weighted by molar-refractivity contribution is -0.121. The first-order valence-corrected chi connectivity index (χ1v) is 6.55. The van der Waals surface area contributed by atoms with Gasteiger partial charge in [0, 0.05) is 12.7 Å². The van der Waals surface area contributed by atoms with Crippen LogP contribution in [0.3, 0.4) is 0 Å². The van der Waals surface area contributed by atoms with Gasteiger partial charge in [-0.25, -0.2) is 12.8 Å². The Morgan fingerprint density at radius 1 is 1.44 bits per heavy atom. The first-order chi connectivity index (χ1) is 8.27. The highest BCUT2D eigenvalue weighted by Crippen LogP contribution is 2.17. The summed E-state index contributed by atoms with van der Waals surface area (Å²) in [6.45, 7) is 1.35. The molecule has 4 N–H and O–H groups in total. The van der Waals surface area contributed by atoms with Crippen LogP contribution in [0, 0.1) is 5.82 Å². The predicted octanol–water partition coefficient (Wildman–Crippen LogP) is -0.179. The third kappa shape index (κ3) is 3.17. The number of sulfonamides is 1. The molecule has 0 bridgehead atoms. The number of likely N-dealkylation sites (N-methyl/N-ethyl adjacent to an activating group) is 1. The Balaban J connectivity index is 3.04. The molecule has 1 aromatic carbocycles. The van der Waals surface area contributed by atoms with E-state index in [1.807, 2.05) is 0 Å². The second-order valence-corrected chi connectivity index (χ2v) is 5.33. The van der Waals surface area contributed by atoms with E-state index in [0.29, 0.717) is 0 Å². The number of hydrogen-bond donors (Lipinski definition) is 3. The van der Waals surface area contributed by atoms with Crippen molar-refractivity contribution in [3.8, 4) is 0 Å². The number of nitrogens with one attached hydrogen (secondary N) is 2. The van der Waals surface area contributed by atoms with E-state index in [1.54, 1.807) is 0 Å².